The summed E-state index contributed by atoms with van der Waals surface area (Å²) in [5.41, 5.74) is 0.399. The molecular formula is C12H11ClN2O3S. The van der Waals surface area contributed by atoms with Gasteiger partial charge >= 0.3 is 0 Å². The van der Waals surface area contributed by atoms with E-state index >= 15 is 0 Å². The molecule has 1 heterocycles. The summed E-state index contributed by atoms with van der Waals surface area (Å²) < 4.78 is 0. The molecule has 2 rings (SSSR count). The van der Waals surface area contributed by atoms with Gasteiger partial charge in [-0.2, -0.15) is 12.6 Å². The maximum absolute atomic E-state index is 12.1. The van der Waals surface area contributed by atoms with Gasteiger partial charge in [-0.1, -0.05) is 17.7 Å². The Morgan fingerprint density at radius 1 is 1.32 bits per heavy atom. The third kappa shape index (κ3) is 2.59. The molecule has 0 radical (unpaired) electrons. The number of fused-ring (bicyclic) bond motifs is 1. The van der Waals surface area contributed by atoms with Crippen LogP contribution in [0.2, 0.25) is 5.02 Å². The van der Waals surface area contributed by atoms with Gasteiger partial charge in [-0.25, -0.2) is 0 Å². The van der Waals surface area contributed by atoms with Crippen LogP contribution in [0.3, 0.4) is 0 Å². The average Bonchev–Trinajstić information content (AvgIpc) is 2.63. The van der Waals surface area contributed by atoms with E-state index in [9.17, 15) is 14.4 Å². The highest BCUT2D eigenvalue weighted by Crippen LogP contribution is 2.28. The van der Waals surface area contributed by atoms with Crippen LogP contribution in [-0.4, -0.2) is 41.5 Å². The van der Waals surface area contributed by atoms with Crippen molar-refractivity contribution in [1.82, 2.24) is 10.2 Å². The van der Waals surface area contributed by atoms with Crippen LogP contribution in [0.15, 0.2) is 18.2 Å². The van der Waals surface area contributed by atoms with Crippen molar-refractivity contribution >= 4 is 42.0 Å². The standard InChI is InChI=1S/C12H11ClN2O3S/c13-8-3-1-2-7-10(8)12(18)15(11(7)17)6-9(16)14-4-5-19/h1-3,19H,4-6H2,(H,14,16). The average molecular weight is 299 g/mol. The van der Waals surface area contributed by atoms with E-state index in [1.54, 1.807) is 6.07 Å². The molecular weight excluding hydrogens is 288 g/mol. The predicted octanol–water partition coefficient (Wildman–Crippen LogP) is 0.982. The minimum atomic E-state index is -0.536. The molecule has 3 amide bonds. The summed E-state index contributed by atoms with van der Waals surface area (Å²) in [5, 5.41) is 2.76. The van der Waals surface area contributed by atoms with Gasteiger partial charge in [-0.3, -0.25) is 19.3 Å². The molecule has 0 atom stereocenters. The second kappa shape index (κ2) is 5.63. The SMILES string of the molecule is O=C(CN1C(=O)c2cccc(Cl)c2C1=O)NCCS. The van der Waals surface area contributed by atoms with E-state index in [2.05, 4.69) is 17.9 Å². The lowest BCUT2D eigenvalue weighted by Crippen LogP contribution is -2.40. The highest BCUT2D eigenvalue weighted by Gasteiger charge is 2.37. The van der Waals surface area contributed by atoms with Crippen molar-refractivity contribution < 1.29 is 14.4 Å². The van der Waals surface area contributed by atoms with Crippen molar-refractivity contribution in [2.75, 3.05) is 18.8 Å². The van der Waals surface area contributed by atoms with Gasteiger partial charge in [0, 0.05) is 12.3 Å². The highest BCUT2D eigenvalue weighted by molar-refractivity contribution is 7.80. The number of nitrogens with zero attached hydrogens (tertiary/aromatic N) is 1. The molecule has 0 unspecified atom stereocenters. The van der Waals surface area contributed by atoms with Crippen LogP contribution in [0.25, 0.3) is 0 Å². The lowest BCUT2D eigenvalue weighted by molar-refractivity contribution is -0.121. The molecule has 1 aliphatic rings. The Labute approximate surface area is 120 Å². The first-order valence-corrected chi connectivity index (χ1v) is 6.59. The summed E-state index contributed by atoms with van der Waals surface area (Å²) >= 11 is 9.86. The van der Waals surface area contributed by atoms with Crippen LogP contribution in [0.1, 0.15) is 20.7 Å². The van der Waals surface area contributed by atoms with Crippen LogP contribution in [0.5, 0.6) is 0 Å². The van der Waals surface area contributed by atoms with Crippen LogP contribution >= 0.6 is 24.2 Å². The number of rotatable bonds is 4. The molecule has 0 aromatic heterocycles. The van der Waals surface area contributed by atoms with Crippen molar-refractivity contribution in [2.45, 2.75) is 0 Å². The fourth-order valence-corrected chi connectivity index (χ4v) is 2.20. The van der Waals surface area contributed by atoms with E-state index in [1.807, 2.05) is 0 Å². The zero-order valence-electron chi connectivity index (χ0n) is 9.85. The molecule has 0 fully saturated rings. The van der Waals surface area contributed by atoms with Crippen molar-refractivity contribution in [3.63, 3.8) is 0 Å². The van der Waals surface area contributed by atoms with Crippen molar-refractivity contribution in [1.29, 1.82) is 0 Å². The fourth-order valence-electron chi connectivity index (χ4n) is 1.83. The summed E-state index contributed by atoms with van der Waals surface area (Å²) in [4.78, 5) is 36.5. The van der Waals surface area contributed by atoms with Gasteiger partial charge in [0.15, 0.2) is 0 Å². The van der Waals surface area contributed by atoms with Gasteiger partial charge in [0.2, 0.25) is 5.91 Å². The number of imide groups is 1. The molecule has 1 aliphatic heterocycles. The number of amides is 3. The lowest BCUT2D eigenvalue weighted by atomic mass is 10.1. The van der Waals surface area contributed by atoms with E-state index in [0.29, 0.717) is 12.3 Å². The molecule has 100 valence electrons. The highest BCUT2D eigenvalue weighted by atomic mass is 35.5. The topological polar surface area (TPSA) is 66.5 Å². The Bertz CT molecular complexity index is 562. The number of hydrogen-bond acceptors (Lipinski definition) is 4. The van der Waals surface area contributed by atoms with Crippen LogP contribution < -0.4 is 5.32 Å². The number of hydrogen-bond donors (Lipinski definition) is 2. The number of halogens is 1. The second-order valence-electron chi connectivity index (χ2n) is 3.93. The molecule has 0 saturated carbocycles. The maximum Gasteiger partial charge on any atom is 0.263 e. The minimum Gasteiger partial charge on any atom is -0.354 e. The van der Waals surface area contributed by atoms with E-state index in [-0.39, 0.29) is 22.7 Å². The molecule has 0 aliphatic carbocycles. The smallest absolute Gasteiger partial charge is 0.263 e. The number of carbonyl (C=O) groups excluding carboxylic acids is 3. The van der Waals surface area contributed by atoms with Gasteiger partial charge in [0.05, 0.1) is 16.1 Å². The Morgan fingerprint density at radius 2 is 2.05 bits per heavy atom. The molecule has 1 aromatic rings. The monoisotopic (exact) mass is 298 g/mol. The molecule has 1 N–H and O–H groups in total. The summed E-state index contributed by atoms with van der Waals surface area (Å²) in [5.74, 6) is -0.950. The Balaban J connectivity index is 2.19. The third-order valence-electron chi connectivity index (χ3n) is 2.68. The fraction of sp³-hybridized carbons (Fsp3) is 0.250. The molecule has 5 nitrogen and oxygen atoms in total. The Kier molecular flexibility index (Phi) is 4.11. The van der Waals surface area contributed by atoms with Gasteiger partial charge in [0.25, 0.3) is 11.8 Å². The molecule has 1 aromatic carbocycles. The van der Waals surface area contributed by atoms with Gasteiger partial charge < -0.3 is 5.32 Å². The molecule has 0 bridgehead atoms. The molecule has 19 heavy (non-hydrogen) atoms. The summed E-state index contributed by atoms with van der Waals surface area (Å²) in [6.07, 6.45) is 0. The van der Waals surface area contributed by atoms with Gasteiger partial charge in [0.1, 0.15) is 6.54 Å². The van der Waals surface area contributed by atoms with Crippen LogP contribution in [0.4, 0.5) is 0 Å². The molecule has 7 heteroatoms. The van der Waals surface area contributed by atoms with Crippen LogP contribution in [0, 0.1) is 0 Å². The van der Waals surface area contributed by atoms with Crippen molar-refractivity contribution in [3.8, 4) is 0 Å². The van der Waals surface area contributed by atoms with E-state index in [4.69, 9.17) is 11.6 Å². The Morgan fingerprint density at radius 3 is 2.68 bits per heavy atom. The number of benzene rings is 1. The quantitative estimate of drug-likeness (QED) is 0.643. The third-order valence-corrected chi connectivity index (χ3v) is 3.22. The first-order valence-electron chi connectivity index (χ1n) is 5.58. The number of nitrogens with one attached hydrogen (secondary N) is 1. The first kappa shape index (κ1) is 13.9. The predicted molar refractivity (Wildman–Crippen MR) is 73.7 cm³/mol. The summed E-state index contributed by atoms with van der Waals surface area (Å²) in [6, 6.07) is 4.65. The lowest BCUT2D eigenvalue weighted by Gasteiger charge is -2.13. The van der Waals surface area contributed by atoms with Gasteiger partial charge in [-0.15, -0.1) is 0 Å². The summed E-state index contributed by atoms with van der Waals surface area (Å²) in [6.45, 7) is 0.0717. The first-order chi connectivity index (χ1) is 9.06. The van der Waals surface area contributed by atoms with Gasteiger partial charge in [-0.05, 0) is 12.1 Å². The Hall–Kier alpha value is -1.53. The largest absolute Gasteiger partial charge is 0.354 e. The number of carbonyl (C=O) groups is 3. The zero-order chi connectivity index (χ0) is 14.0. The maximum atomic E-state index is 12.1. The van der Waals surface area contributed by atoms with Crippen molar-refractivity contribution in [2.24, 2.45) is 0 Å². The minimum absolute atomic E-state index is 0.163. The van der Waals surface area contributed by atoms with Crippen LogP contribution in [-0.2, 0) is 4.79 Å². The van der Waals surface area contributed by atoms with E-state index in [0.717, 1.165) is 4.90 Å². The second-order valence-corrected chi connectivity index (χ2v) is 4.79. The molecule has 0 spiro atoms. The zero-order valence-corrected chi connectivity index (χ0v) is 11.5. The van der Waals surface area contributed by atoms with Crippen molar-refractivity contribution in [3.05, 3.63) is 34.3 Å². The van der Waals surface area contributed by atoms with E-state index in [1.165, 1.54) is 12.1 Å². The normalized spacial score (nSPS) is 13.7. The molecule has 0 saturated heterocycles. The summed E-state index contributed by atoms with van der Waals surface area (Å²) in [7, 11) is 0. The van der Waals surface area contributed by atoms with E-state index < -0.39 is 17.7 Å². The number of thiol groups is 1.